The molecule has 0 saturated heterocycles. The third-order valence-corrected chi connectivity index (χ3v) is 5.29. The highest BCUT2D eigenvalue weighted by Gasteiger charge is 2.33. The fourth-order valence-corrected chi connectivity index (χ4v) is 3.96. The van der Waals surface area contributed by atoms with Gasteiger partial charge in [0.25, 0.3) is 0 Å². The molecule has 0 bridgehead atoms. The summed E-state index contributed by atoms with van der Waals surface area (Å²) in [5, 5.41) is 15.5. The molecule has 6 nitrogen and oxygen atoms in total. The molecule has 0 unspecified atom stereocenters. The number of carbonyl (C=O) groups is 1. The number of aromatic nitrogens is 2. The van der Waals surface area contributed by atoms with Crippen molar-refractivity contribution in [3.8, 4) is 10.7 Å². The number of amides is 2. The molecule has 22 heavy (non-hydrogen) atoms. The molecule has 0 aliphatic heterocycles. The van der Waals surface area contributed by atoms with Crippen molar-refractivity contribution in [2.45, 2.75) is 31.3 Å². The van der Waals surface area contributed by atoms with E-state index in [-0.39, 0.29) is 6.03 Å². The first-order valence-corrected chi connectivity index (χ1v) is 8.83. The van der Waals surface area contributed by atoms with Gasteiger partial charge in [0, 0.05) is 18.6 Å². The average Bonchev–Trinajstić information content (AvgIpc) is 3.19. The molecule has 0 atom stereocenters. The van der Waals surface area contributed by atoms with Gasteiger partial charge in [0.05, 0.1) is 17.0 Å². The summed E-state index contributed by atoms with van der Waals surface area (Å²) in [6.45, 7) is 0.343. The first-order chi connectivity index (χ1) is 10.6. The zero-order valence-electron chi connectivity index (χ0n) is 12.3. The predicted octanol–water partition coefficient (Wildman–Crippen LogP) is 3.04. The first-order valence-electron chi connectivity index (χ1n) is 7.18. The molecule has 2 N–H and O–H groups in total. The van der Waals surface area contributed by atoms with Crippen molar-refractivity contribution in [3.05, 3.63) is 17.5 Å². The maximum Gasteiger partial charge on any atom is 0.323 e. The monoisotopic (exact) mass is 338 g/mol. The summed E-state index contributed by atoms with van der Waals surface area (Å²) in [6, 6.07) is 3.62. The minimum absolute atomic E-state index is 0.269. The van der Waals surface area contributed by atoms with Gasteiger partial charge in [-0.3, -0.25) is 5.32 Å². The van der Waals surface area contributed by atoms with Gasteiger partial charge >= 0.3 is 6.03 Å². The first kappa shape index (κ1) is 15.4. The van der Waals surface area contributed by atoms with Gasteiger partial charge in [-0.25, -0.2) is 4.79 Å². The molecule has 2 aromatic heterocycles. The van der Waals surface area contributed by atoms with E-state index < -0.39 is 5.60 Å². The van der Waals surface area contributed by atoms with Gasteiger partial charge in [-0.05, 0) is 24.3 Å². The fraction of sp³-hybridized carbons (Fsp3) is 0.500. The number of carbonyl (C=O) groups excluding carboxylic acids is 1. The van der Waals surface area contributed by atoms with Crippen LogP contribution in [0.5, 0.6) is 0 Å². The van der Waals surface area contributed by atoms with Crippen LogP contribution < -0.4 is 5.32 Å². The molecule has 3 rings (SSSR count). The highest BCUT2D eigenvalue weighted by atomic mass is 32.1. The molecule has 1 fully saturated rings. The van der Waals surface area contributed by atoms with Crippen LogP contribution in [0, 0.1) is 0 Å². The molecule has 1 aliphatic carbocycles. The van der Waals surface area contributed by atoms with Gasteiger partial charge in [0.15, 0.2) is 5.82 Å². The van der Waals surface area contributed by atoms with E-state index >= 15 is 0 Å². The maximum absolute atomic E-state index is 12.2. The lowest BCUT2D eigenvalue weighted by Gasteiger charge is -2.28. The Bertz CT molecular complexity index is 635. The molecule has 0 aromatic carbocycles. The van der Waals surface area contributed by atoms with Crippen molar-refractivity contribution in [3.63, 3.8) is 0 Å². The van der Waals surface area contributed by atoms with Crippen LogP contribution in [0.1, 0.15) is 25.7 Å². The van der Waals surface area contributed by atoms with Gasteiger partial charge in [0.1, 0.15) is 0 Å². The number of nitrogens with zero attached hydrogens (tertiary/aromatic N) is 3. The maximum atomic E-state index is 12.2. The van der Waals surface area contributed by atoms with Crippen LogP contribution in [-0.2, 0) is 0 Å². The number of thiophene rings is 1. The Kier molecular flexibility index (Phi) is 4.42. The van der Waals surface area contributed by atoms with E-state index in [4.69, 9.17) is 0 Å². The molecule has 2 heterocycles. The quantitative estimate of drug-likeness (QED) is 0.898. The van der Waals surface area contributed by atoms with E-state index in [1.807, 2.05) is 17.5 Å². The summed E-state index contributed by atoms with van der Waals surface area (Å²) in [4.78, 5) is 19.0. The normalized spacial score (nSPS) is 16.6. The van der Waals surface area contributed by atoms with E-state index in [1.165, 1.54) is 4.90 Å². The van der Waals surface area contributed by atoms with Crippen molar-refractivity contribution in [1.82, 2.24) is 14.3 Å². The summed E-state index contributed by atoms with van der Waals surface area (Å²) >= 11 is 2.72. The Morgan fingerprint density at radius 3 is 2.95 bits per heavy atom. The minimum Gasteiger partial charge on any atom is -0.388 e. The van der Waals surface area contributed by atoms with Crippen molar-refractivity contribution in [1.29, 1.82) is 0 Å². The Morgan fingerprint density at radius 2 is 2.27 bits per heavy atom. The topological polar surface area (TPSA) is 78.4 Å². The Labute approximate surface area is 137 Å². The van der Waals surface area contributed by atoms with E-state index in [0.29, 0.717) is 17.5 Å². The number of hydrogen-bond donors (Lipinski definition) is 2. The van der Waals surface area contributed by atoms with Crippen molar-refractivity contribution < 1.29 is 9.90 Å². The second-order valence-corrected chi connectivity index (χ2v) is 7.32. The fourth-order valence-electron chi connectivity index (χ4n) is 2.67. The highest BCUT2D eigenvalue weighted by Crippen LogP contribution is 2.30. The Hall–Kier alpha value is -1.51. The third-order valence-electron chi connectivity index (χ3n) is 3.79. The van der Waals surface area contributed by atoms with Crippen LogP contribution >= 0.6 is 22.9 Å². The second-order valence-electron chi connectivity index (χ2n) is 5.62. The van der Waals surface area contributed by atoms with Gasteiger partial charge in [-0.2, -0.15) is 9.36 Å². The smallest absolute Gasteiger partial charge is 0.323 e. The number of rotatable bonds is 4. The molecule has 0 radical (unpaired) electrons. The number of likely N-dealkylation sites (N-methyl/N-ethyl adjacent to an activating group) is 1. The van der Waals surface area contributed by atoms with Gasteiger partial charge < -0.3 is 10.0 Å². The van der Waals surface area contributed by atoms with Crippen molar-refractivity contribution in [2.24, 2.45) is 0 Å². The molecule has 2 aromatic rings. The largest absolute Gasteiger partial charge is 0.388 e. The molecule has 118 valence electrons. The number of urea groups is 1. The van der Waals surface area contributed by atoms with E-state index in [9.17, 15) is 9.90 Å². The van der Waals surface area contributed by atoms with Gasteiger partial charge in [-0.15, -0.1) is 11.3 Å². The molecule has 0 spiro atoms. The molecular weight excluding hydrogens is 320 g/mol. The number of nitrogens with one attached hydrogen (secondary N) is 1. The Balaban J connectivity index is 1.59. The van der Waals surface area contributed by atoms with E-state index in [1.54, 1.807) is 18.4 Å². The van der Waals surface area contributed by atoms with Crippen LogP contribution in [0.2, 0.25) is 0 Å². The van der Waals surface area contributed by atoms with Crippen molar-refractivity contribution in [2.75, 3.05) is 18.9 Å². The van der Waals surface area contributed by atoms with Crippen LogP contribution in [0.4, 0.5) is 9.93 Å². The standard InChI is InChI=1S/C14H18N4O2S2/c1-18(9-14(20)6-2-3-7-14)13(19)16-12-15-11(17-22-12)10-5-4-8-21-10/h4-5,8,20H,2-3,6-7,9H2,1H3,(H,15,16,17,19). The SMILES string of the molecule is CN(CC1(O)CCCC1)C(=O)Nc1nc(-c2cccs2)ns1. The zero-order valence-corrected chi connectivity index (χ0v) is 13.9. The lowest BCUT2D eigenvalue weighted by Crippen LogP contribution is -2.43. The summed E-state index contributed by atoms with van der Waals surface area (Å²) in [7, 11) is 1.69. The zero-order chi connectivity index (χ0) is 15.6. The summed E-state index contributed by atoms with van der Waals surface area (Å²) in [5.74, 6) is 0.632. The molecule has 2 amide bonds. The van der Waals surface area contributed by atoms with Crippen LogP contribution in [0.25, 0.3) is 10.7 Å². The van der Waals surface area contributed by atoms with Crippen LogP contribution in [-0.4, -0.2) is 44.6 Å². The minimum atomic E-state index is -0.741. The summed E-state index contributed by atoms with van der Waals surface area (Å²) < 4.78 is 4.25. The van der Waals surface area contributed by atoms with Gasteiger partial charge in [-0.1, -0.05) is 18.9 Å². The lowest BCUT2D eigenvalue weighted by molar-refractivity contribution is 0.0261. The molecular formula is C14H18N4O2S2. The summed E-state index contributed by atoms with van der Waals surface area (Å²) in [5.41, 5.74) is -0.741. The Morgan fingerprint density at radius 1 is 1.50 bits per heavy atom. The molecule has 8 heteroatoms. The van der Waals surface area contributed by atoms with E-state index in [2.05, 4.69) is 14.7 Å². The highest BCUT2D eigenvalue weighted by molar-refractivity contribution is 7.14. The lowest BCUT2D eigenvalue weighted by atomic mass is 10.0. The van der Waals surface area contributed by atoms with Crippen molar-refractivity contribution >= 4 is 34.0 Å². The molecule has 1 saturated carbocycles. The average molecular weight is 338 g/mol. The van der Waals surface area contributed by atoms with Crippen LogP contribution in [0.15, 0.2) is 17.5 Å². The van der Waals surface area contributed by atoms with E-state index in [0.717, 1.165) is 42.1 Å². The predicted molar refractivity (Wildman–Crippen MR) is 88.3 cm³/mol. The third kappa shape index (κ3) is 3.45. The molecule has 1 aliphatic rings. The second kappa shape index (κ2) is 6.31. The summed E-state index contributed by atoms with van der Waals surface area (Å²) in [6.07, 6.45) is 3.55. The number of hydrogen-bond acceptors (Lipinski definition) is 6. The number of aliphatic hydroxyl groups is 1. The van der Waals surface area contributed by atoms with Crippen LogP contribution in [0.3, 0.4) is 0 Å². The van der Waals surface area contributed by atoms with Gasteiger partial charge in [0.2, 0.25) is 5.13 Å². The number of anilines is 1.